The van der Waals surface area contributed by atoms with Crippen LogP contribution in [0.25, 0.3) is 0 Å². The monoisotopic (exact) mass is 846 g/mol. The van der Waals surface area contributed by atoms with Crippen LogP contribution in [0.5, 0.6) is 0 Å². The van der Waals surface area contributed by atoms with Crippen LogP contribution in [-0.2, 0) is 9.59 Å². The third-order valence-electron chi connectivity index (χ3n) is 12.9. The number of benzene rings is 2. The van der Waals surface area contributed by atoms with E-state index in [4.69, 9.17) is 0 Å². The predicted molar refractivity (Wildman–Crippen MR) is 232 cm³/mol. The zero-order valence-corrected chi connectivity index (χ0v) is 36.4. The first-order valence-electron chi connectivity index (χ1n) is 21.9. The Morgan fingerprint density at radius 1 is 0.825 bits per heavy atom. The van der Waals surface area contributed by atoms with Gasteiger partial charge in [-0.15, -0.1) is 0 Å². The van der Waals surface area contributed by atoms with Crippen molar-refractivity contribution in [1.29, 1.82) is 0 Å². The van der Waals surface area contributed by atoms with E-state index in [9.17, 15) is 19.2 Å². The van der Waals surface area contributed by atoms with Gasteiger partial charge in [0, 0.05) is 90.4 Å². The molecule has 2 aliphatic heterocycles. The highest BCUT2D eigenvalue weighted by Gasteiger charge is 2.33. The Kier molecular flexibility index (Phi) is 16.1. The second-order valence-electron chi connectivity index (χ2n) is 18.0. The van der Waals surface area contributed by atoms with Crippen LogP contribution in [0.2, 0.25) is 0 Å². The van der Waals surface area contributed by atoms with Crippen molar-refractivity contribution in [3.63, 3.8) is 0 Å². The van der Waals surface area contributed by atoms with E-state index in [-0.39, 0.29) is 29.4 Å². The molecule has 10 nitrogen and oxygen atoms in total. The maximum Gasteiger partial charge on any atom is 0.238 e. The molecule has 2 aromatic rings. The summed E-state index contributed by atoms with van der Waals surface area (Å²) in [5.74, 6) is 1.29. The summed E-state index contributed by atoms with van der Waals surface area (Å²) >= 11 is 3.80. The molecule has 2 atom stereocenters. The van der Waals surface area contributed by atoms with Gasteiger partial charge in [0.25, 0.3) is 0 Å². The first kappa shape index (κ1) is 43.8. The fourth-order valence-corrected chi connectivity index (χ4v) is 10.1. The minimum Gasteiger partial charge on any atom is -0.325 e. The summed E-state index contributed by atoms with van der Waals surface area (Å²) in [6, 6.07) is 12.3. The number of hydrogen-bond donors (Lipinski definition) is 2. The molecule has 4 aliphatic rings. The van der Waals surface area contributed by atoms with E-state index in [0.29, 0.717) is 52.1 Å². The lowest BCUT2D eigenvalue weighted by atomic mass is 9.75. The van der Waals surface area contributed by atoms with Crippen LogP contribution in [0.4, 0.5) is 5.69 Å². The number of halogens is 1. The van der Waals surface area contributed by atoms with Crippen LogP contribution in [0.1, 0.15) is 123 Å². The van der Waals surface area contributed by atoms with Gasteiger partial charge in [-0.1, -0.05) is 80.2 Å². The second kappa shape index (κ2) is 20.9. The quantitative estimate of drug-likeness (QED) is 0.0814. The first-order valence-corrected chi connectivity index (χ1v) is 23.0. The van der Waals surface area contributed by atoms with Crippen molar-refractivity contribution >= 4 is 44.9 Å². The molecule has 2 aliphatic carbocycles. The molecule has 312 valence electrons. The van der Waals surface area contributed by atoms with Gasteiger partial charge in [0.1, 0.15) is 5.78 Å². The van der Waals surface area contributed by atoms with Gasteiger partial charge in [0.05, 0.1) is 19.9 Å². The van der Waals surface area contributed by atoms with Gasteiger partial charge in [0.2, 0.25) is 5.91 Å². The Bertz CT molecular complexity index is 1700. The van der Waals surface area contributed by atoms with Gasteiger partial charge in [0.15, 0.2) is 11.6 Å². The number of rotatable bonds is 22. The Morgan fingerprint density at radius 2 is 1.47 bits per heavy atom. The fourth-order valence-electron chi connectivity index (χ4n) is 9.56. The largest absolute Gasteiger partial charge is 0.325 e. The molecule has 6 rings (SSSR count). The Balaban J connectivity index is 0.927. The predicted octanol–water partition coefficient (Wildman–Crippen LogP) is 7.06. The third-order valence-corrected chi connectivity index (χ3v) is 13.8. The smallest absolute Gasteiger partial charge is 0.238 e. The van der Waals surface area contributed by atoms with Gasteiger partial charge in [-0.05, 0) is 88.1 Å². The lowest BCUT2D eigenvalue weighted by Crippen LogP contribution is -2.35. The van der Waals surface area contributed by atoms with Crippen LogP contribution in [0.15, 0.2) is 42.5 Å². The molecule has 0 radical (unpaired) electrons. The van der Waals surface area contributed by atoms with Crippen molar-refractivity contribution in [3.8, 4) is 0 Å². The minimum absolute atomic E-state index is 0.141. The maximum atomic E-state index is 13.9. The zero-order chi connectivity index (χ0) is 40.4. The van der Waals surface area contributed by atoms with E-state index in [2.05, 4.69) is 66.9 Å². The van der Waals surface area contributed by atoms with Crippen molar-refractivity contribution in [2.24, 2.45) is 17.3 Å². The molecule has 2 unspecified atom stereocenters. The lowest BCUT2D eigenvalue weighted by molar-refractivity contribution is -0.129. The molecule has 2 heterocycles. The maximum absolute atomic E-state index is 13.9. The summed E-state index contributed by atoms with van der Waals surface area (Å²) in [5, 5.41) is 7.41. The highest BCUT2D eigenvalue weighted by molar-refractivity contribution is 9.09. The molecule has 1 saturated carbocycles. The fraction of sp³-hybridized carbons (Fsp3) is 0.652. The lowest BCUT2D eigenvalue weighted by Gasteiger charge is -2.30. The Labute approximate surface area is 350 Å². The molecule has 2 N–H and O–H groups in total. The molecule has 2 aromatic carbocycles. The molecule has 1 amide bonds. The van der Waals surface area contributed by atoms with Gasteiger partial charge in [-0.2, -0.15) is 0 Å². The average Bonchev–Trinajstić information content (AvgIpc) is 3.99. The van der Waals surface area contributed by atoms with E-state index in [1.165, 1.54) is 38.8 Å². The van der Waals surface area contributed by atoms with Crippen molar-refractivity contribution in [2.45, 2.75) is 97.4 Å². The number of amides is 1. The van der Waals surface area contributed by atoms with Crippen molar-refractivity contribution in [3.05, 3.63) is 64.7 Å². The number of carbonyl (C=O) groups excluding carboxylic acids is 4. The number of alkyl halides is 1. The summed E-state index contributed by atoms with van der Waals surface area (Å²) in [4.78, 5) is 63.0. The number of anilines is 1. The van der Waals surface area contributed by atoms with E-state index in [1.807, 2.05) is 0 Å². The minimum atomic E-state index is -0.293. The van der Waals surface area contributed by atoms with Crippen molar-refractivity contribution < 1.29 is 19.2 Å². The number of hydrogen-bond acceptors (Lipinski definition) is 9. The number of ketones is 3. The summed E-state index contributed by atoms with van der Waals surface area (Å²) in [6.07, 6.45) is 12.2. The molecule has 0 spiro atoms. The summed E-state index contributed by atoms with van der Waals surface area (Å²) in [7, 11) is 0. The molecule has 11 heteroatoms. The van der Waals surface area contributed by atoms with E-state index in [0.717, 1.165) is 102 Å². The SMILES string of the molecule is CC(C)NCCCC(C)(CCCC(CBr)CN1CCN(CC(=O)Nc2ccc3c(c2)C(=O)c2ccccc2C3=O)C1)C(=O)CCCN1CCN(CC2CCCC2)C1. The summed E-state index contributed by atoms with van der Waals surface area (Å²) < 4.78 is 0. The average molecular weight is 848 g/mol. The van der Waals surface area contributed by atoms with E-state index in [1.54, 1.807) is 42.5 Å². The number of carbonyl (C=O) groups is 4. The van der Waals surface area contributed by atoms with E-state index >= 15 is 0 Å². The molecular weight excluding hydrogens is 780 g/mol. The molecule has 57 heavy (non-hydrogen) atoms. The second-order valence-corrected chi connectivity index (χ2v) is 18.6. The highest BCUT2D eigenvalue weighted by atomic mass is 79.9. The normalized spacial score (nSPS) is 19.9. The van der Waals surface area contributed by atoms with Gasteiger partial charge < -0.3 is 10.6 Å². The molecular formula is C46H67BrN6O4. The van der Waals surface area contributed by atoms with Gasteiger partial charge in [-0.3, -0.25) is 38.8 Å². The summed E-state index contributed by atoms with van der Waals surface area (Å²) in [6.45, 7) is 16.8. The number of nitrogens with one attached hydrogen (secondary N) is 2. The Morgan fingerprint density at radius 3 is 2.21 bits per heavy atom. The summed E-state index contributed by atoms with van der Waals surface area (Å²) in [5.41, 5.74) is 1.75. The molecule has 0 aromatic heterocycles. The van der Waals surface area contributed by atoms with Crippen LogP contribution in [0.3, 0.4) is 0 Å². The number of nitrogens with zero attached hydrogens (tertiary/aromatic N) is 4. The zero-order valence-electron chi connectivity index (χ0n) is 34.8. The van der Waals surface area contributed by atoms with Gasteiger partial charge >= 0.3 is 0 Å². The topological polar surface area (TPSA) is 105 Å². The van der Waals surface area contributed by atoms with Crippen molar-refractivity contribution in [2.75, 3.05) is 82.9 Å². The molecule has 3 fully saturated rings. The highest BCUT2D eigenvalue weighted by Crippen LogP contribution is 2.34. The third kappa shape index (κ3) is 12.1. The molecule has 0 bridgehead atoms. The van der Waals surface area contributed by atoms with Crippen molar-refractivity contribution in [1.82, 2.24) is 24.9 Å². The van der Waals surface area contributed by atoms with Crippen LogP contribution >= 0.6 is 15.9 Å². The number of Topliss-reactive ketones (excluding diaryl/α,β-unsaturated/α-hetero) is 1. The van der Waals surface area contributed by atoms with Crippen LogP contribution in [0, 0.1) is 17.3 Å². The van der Waals surface area contributed by atoms with Crippen LogP contribution < -0.4 is 10.6 Å². The Hall–Kier alpha value is -2.80. The standard InChI is InChI=1S/C46H67BrN6O4/c1-34(2)48-21-10-20-46(3,42(54)16-9-22-50-23-24-51(32-50)29-35-11-4-5-12-35)19-8-13-36(28-47)30-52-25-26-53(33-52)31-43(55)49-37-17-18-40-41(27-37)45(57)39-15-7-6-14-38(39)44(40)56/h6-7,14-15,17-18,27,34-36,48H,4-5,8-13,16,19-26,28-33H2,1-3H3,(H,49,55). The van der Waals surface area contributed by atoms with Crippen LogP contribution in [-0.4, -0.2) is 126 Å². The van der Waals surface area contributed by atoms with Gasteiger partial charge in [-0.25, -0.2) is 0 Å². The number of fused-ring (bicyclic) bond motifs is 2. The first-order chi connectivity index (χ1) is 27.5. The molecule has 2 saturated heterocycles. The van der Waals surface area contributed by atoms with E-state index < -0.39 is 0 Å².